The van der Waals surface area contributed by atoms with Gasteiger partial charge in [0.2, 0.25) is 0 Å². The van der Waals surface area contributed by atoms with Crippen LogP contribution in [0.5, 0.6) is 11.5 Å². The Morgan fingerprint density at radius 3 is 2.83 bits per heavy atom. The van der Waals surface area contributed by atoms with Crippen LogP contribution >= 0.6 is 0 Å². The summed E-state index contributed by atoms with van der Waals surface area (Å²) in [5.41, 5.74) is 0.552. The van der Waals surface area contributed by atoms with Gasteiger partial charge in [0.05, 0.1) is 7.11 Å². The van der Waals surface area contributed by atoms with E-state index in [9.17, 15) is 4.79 Å². The van der Waals surface area contributed by atoms with Crippen molar-refractivity contribution in [1.82, 2.24) is 9.55 Å². The fourth-order valence-electron chi connectivity index (χ4n) is 1.55. The molecular weight excluding hydrogens is 232 g/mol. The maximum Gasteiger partial charge on any atom is 0.161 e. The maximum absolute atomic E-state index is 10.7. The summed E-state index contributed by atoms with van der Waals surface area (Å²) in [4.78, 5) is 14.8. The highest BCUT2D eigenvalue weighted by Gasteiger charge is 2.07. The first-order valence-corrected chi connectivity index (χ1v) is 5.47. The number of ether oxygens (including phenoxy) is 2. The summed E-state index contributed by atoms with van der Waals surface area (Å²) in [6.07, 6.45) is 4.34. The number of aldehydes is 1. The van der Waals surface area contributed by atoms with E-state index in [4.69, 9.17) is 9.47 Å². The largest absolute Gasteiger partial charge is 0.493 e. The highest BCUT2D eigenvalue weighted by molar-refractivity contribution is 5.76. The van der Waals surface area contributed by atoms with Crippen molar-refractivity contribution in [2.45, 2.75) is 6.61 Å². The smallest absolute Gasteiger partial charge is 0.161 e. The lowest BCUT2D eigenvalue weighted by molar-refractivity contribution is 0.112. The minimum atomic E-state index is 0.348. The Hall–Kier alpha value is -2.30. The fraction of sp³-hybridized carbons (Fsp3) is 0.231. The zero-order valence-corrected chi connectivity index (χ0v) is 10.3. The first kappa shape index (κ1) is 12.2. The second-order valence-corrected chi connectivity index (χ2v) is 3.77. The summed E-state index contributed by atoms with van der Waals surface area (Å²) in [5, 5.41) is 0. The molecule has 0 atom stereocenters. The van der Waals surface area contributed by atoms with Crippen molar-refractivity contribution in [1.29, 1.82) is 0 Å². The monoisotopic (exact) mass is 246 g/mol. The molecule has 0 radical (unpaired) electrons. The molecule has 0 fully saturated rings. The average Bonchev–Trinajstić information content (AvgIpc) is 2.81. The minimum absolute atomic E-state index is 0.348. The van der Waals surface area contributed by atoms with Gasteiger partial charge < -0.3 is 14.0 Å². The van der Waals surface area contributed by atoms with Crippen LogP contribution in [0.25, 0.3) is 0 Å². The molecule has 0 aliphatic carbocycles. The third kappa shape index (κ3) is 2.51. The molecule has 0 N–H and O–H groups in total. The number of methoxy groups -OCH3 is 1. The van der Waals surface area contributed by atoms with Crippen molar-refractivity contribution in [3.05, 3.63) is 42.0 Å². The van der Waals surface area contributed by atoms with E-state index in [1.165, 1.54) is 7.11 Å². The van der Waals surface area contributed by atoms with Crippen LogP contribution < -0.4 is 9.47 Å². The summed E-state index contributed by atoms with van der Waals surface area (Å²) in [6.45, 7) is 0.348. The van der Waals surface area contributed by atoms with Gasteiger partial charge in [0, 0.05) is 25.0 Å². The molecule has 0 saturated carbocycles. The van der Waals surface area contributed by atoms with E-state index in [0.29, 0.717) is 23.7 Å². The van der Waals surface area contributed by atoms with Crippen LogP contribution in [0, 0.1) is 0 Å². The number of nitrogens with zero attached hydrogens (tertiary/aromatic N) is 2. The second kappa shape index (κ2) is 5.35. The molecule has 0 amide bonds. The molecule has 0 unspecified atom stereocenters. The quantitative estimate of drug-likeness (QED) is 0.755. The van der Waals surface area contributed by atoms with Crippen molar-refractivity contribution < 1.29 is 14.3 Å². The van der Waals surface area contributed by atoms with Crippen LogP contribution in [0.2, 0.25) is 0 Å². The van der Waals surface area contributed by atoms with E-state index in [0.717, 1.165) is 12.1 Å². The molecule has 0 bridgehead atoms. The molecule has 5 nitrogen and oxygen atoms in total. The molecule has 0 spiro atoms. The van der Waals surface area contributed by atoms with Crippen molar-refractivity contribution in [3.63, 3.8) is 0 Å². The molecule has 2 aromatic rings. The summed E-state index contributed by atoms with van der Waals surface area (Å²) in [6, 6.07) is 5.04. The lowest BCUT2D eigenvalue weighted by Gasteiger charge is -2.10. The molecular formula is C13H14N2O3. The topological polar surface area (TPSA) is 53.4 Å². The predicted molar refractivity (Wildman–Crippen MR) is 65.9 cm³/mol. The minimum Gasteiger partial charge on any atom is -0.493 e. The van der Waals surface area contributed by atoms with Gasteiger partial charge in [0.25, 0.3) is 0 Å². The first-order valence-electron chi connectivity index (χ1n) is 5.47. The maximum atomic E-state index is 10.7. The van der Waals surface area contributed by atoms with E-state index in [1.807, 2.05) is 17.8 Å². The van der Waals surface area contributed by atoms with Gasteiger partial charge in [-0.3, -0.25) is 4.79 Å². The van der Waals surface area contributed by atoms with Crippen molar-refractivity contribution >= 4 is 6.29 Å². The Morgan fingerprint density at radius 1 is 1.39 bits per heavy atom. The highest BCUT2D eigenvalue weighted by Crippen LogP contribution is 2.28. The summed E-state index contributed by atoms with van der Waals surface area (Å²) in [5.74, 6) is 1.94. The van der Waals surface area contributed by atoms with Crippen molar-refractivity contribution in [2.24, 2.45) is 7.05 Å². The molecule has 2 rings (SSSR count). The number of rotatable bonds is 5. The van der Waals surface area contributed by atoms with Crippen LogP contribution in [-0.2, 0) is 13.7 Å². The van der Waals surface area contributed by atoms with Gasteiger partial charge in [-0.1, -0.05) is 0 Å². The van der Waals surface area contributed by atoms with E-state index in [-0.39, 0.29) is 0 Å². The lowest BCUT2D eigenvalue weighted by atomic mass is 10.2. The van der Waals surface area contributed by atoms with Gasteiger partial charge in [-0.05, 0) is 18.2 Å². The Balaban J connectivity index is 2.14. The first-order chi connectivity index (χ1) is 8.74. The number of hydrogen-bond donors (Lipinski definition) is 0. The van der Waals surface area contributed by atoms with Crippen LogP contribution in [0.15, 0.2) is 30.6 Å². The number of aryl methyl sites for hydroxylation is 1. The van der Waals surface area contributed by atoms with Gasteiger partial charge in [-0.25, -0.2) is 4.98 Å². The SMILES string of the molecule is COc1cc(C=O)ccc1OCc1nccn1C. The molecule has 1 aromatic heterocycles. The Bertz CT molecular complexity index is 549. The van der Waals surface area contributed by atoms with E-state index >= 15 is 0 Å². The number of imidazole rings is 1. The van der Waals surface area contributed by atoms with E-state index in [1.54, 1.807) is 24.4 Å². The molecule has 1 heterocycles. The fourth-order valence-corrected chi connectivity index (χ4v) is 1.55. The average molecular weight is 246 g/mol. The Kier molecular flexibility index (Phi) is 3.62. The van der Waals surface area contributed by atoms with Gasteiger partial charge in [0.1, 0.15) is 18.7 Å². The molecule has 94 valence electrons. The van der Waals surface area contributed by atoms with Gasteiger partial charge in [0.15, 0.2) is 11.5 Å². The number of carbonyl (C=O) groups excluding carboxylic acids is 1. The van der Waals surface area contributed by atoms with Gasteiger partial charge in [-0.15, -0.1) is 0 Å². The van der Waals surface area contributed by atoms with Crippen molar-refractivity contribution in [3.8, 4) is 11.5 Å². The van der Waals surface area contributed by atoms with Crippen LogP contribution in [0.3, 0.4) is 0 Å². The molecule has 0 saturated heterocycles. The molecule has 1 aromatic carbocycles. The predicted octanol–water partition coefficient (Wildman–Crippen LogP) is 1.82. The van der Waals surface area contributed by atoms with E-state index in [2.05, 4.69) is 4.98 Å². The van der Waals surface area contributed by atoms with Gasteiger partial charge >= 0.3 is 0 Å². The summed E-state index contributed by atoms with van der Waals surface area (Å²) < 4.78 is 12.7. The molecule has 5 heteroatoms. The third-order valence-electron chi connectivity index (χ3n) is 2.60. The zero-order valence-electron chi connectivity index (χ0n) is 10.3. The number of benzene rings is 1. The molecule has 0 aliphatic heterocycles. The summed E-state index contributed by atoms with van der Waals surface area (Å²) in [7, 11) is 3.44. The number of hydrogen-bond acceptors (Lipinski definition) is 4. The van der Waals surface area contributed by atoms with E-state index < -0.39 is 0 Å². The zero-order chi connectivity index (χ0) is 13.0. The van der Waals surface area contributed by atoms with Crippen LogP contribution in [0.1, 0.15) is 16.2 Å². The molecule has 18 heavy (non-hydrogen) atoms. The van der Waals surface area contributed by atoms with Crippen LogP contribution in [-0.4, -0.2) is 22.9 Å². The Morgan fingerprint density at radius 2 is 2.22 bits per heavy atom. The standard InChI is InChI=1S/C13H14N2O3/c1-15-6-5-14-13(15)9-18-11-4-3-10(8-16)7-12(11)17-2/h3-8H,9H2,1-2H3. The van der Waals surface area contributed by atoms with Crippen molar-refractivity contribution in [2.75, 3.05) is 7.11 Å². The number of carbonyl (C=O) groups is 1. The third-order valence-corrected chi connectivity index (χ3v) is 2.60. The lowest BCUT2D eigenvalue weighted by Crippen LogP contribution is -2.04. The second-order valence-electron chi connectivity index (χ2n) is 3.77. The highest BCUT2D eigenvalue weighted by atomic mass is 16.5. The number of aromatic nitrogens is 2. The summed E-state index contributed by atoms with van der Waals surface area (Å²) >= 11 is 0. The Labute approximate surface area is 105 Å². The van der Waals surface area contributed by atoms with Crippen LogP contribution in [0.4, 0.5) is 0 Å². The molecule has 0 aliphatic rings. The normalized spacial score (nSPS) is 10.1. The van der Waals surface area contributed by atoms with Gasteiger partial charge in [-0.2, -0.15) is 0 Å².